The van der Waals surface area contributed by atoms with Crippen LogP contribution in [0, 0.1) is 5.92 Å². The van der Waals surface area contributed by atoms with Crippen LogP contribution in [0.25, 0.3) is 5.69 Å². The van der Waals surface area contributed by atoms with Gasteiger partial charge in [0.1, 0.15) is 5.69 Å². The molecule has 134 valence electrons. The minimum Gasteiger partial charge on any atom is -0.337 e. The monoisotopic (exact) mass is 362 g/mol. The molecule has 2 unspecified atom stereocenters. The molecule has 2 atom stereocenters. The van der Waals surface area contributed by atoms with Crippen molar-refractivity contribution >= 4 is 18.3 Å². The fourth-order valence-electron chi connectivity index (χ4n) is 3.07. The minimum atomic E-state index is -0.259. The molecule has 2 aromatic rings. The van der Waals surface area contributed by atoms with Gasteiger partial charge in [0.2, 0.25) is 0 Å². The number of hydrogen-bond acceptors (Lipinski definition) is 4. The highest BCUT2D eigenvalue weighted by Crippen LogP contribution is 2.20. The van der Waals surface area contributed by atoms with Crippen LogP contribution in [0.3, 0.4) is 0 Å². The molecule has 0 radical (unpaired) electrons. The van der Waals surface area contributed by atoms with E-state index < -0.39 is 0 Å². The zero-order valence-corrected chi connectivity index (χ0v) is 15.0. The van der Waals surface area contributed by atoms with Gasteiger partial charge >= 0.3 is 0 Å². The summed E-state index contributed by atoms with van der Waals surface area (Å²) in [7, 11) is 0. The normalized spacial score (nSPS) is 18.3. The Morgan fingerprint density at radius 2 is 1.96 bits per heavy atom. The number of benzene rings is 1. The number of nitrogens with two attached hydrogens (primary N) is 1. The molecule has 1 amide bonds. The Balaban J connectivity index is 0.00000225. The molecule has 0 saturated carbocycles. The smallest absolute Gasteiger partial charge is 0.274 e. The summed E-state index contributed by atoms with van der Waals surface area (Å²) < 4.78 is 1.26. The van der Waals surface area contributed by atoms with E-state index in [0.717, 1.165) is 12.8 Å². The lowest BCUT2D eigenvalue weighted by Crippen LogP contribution is -2.45. The summed E-state index contributed by atoms with van der Waals surface area (Å²) in [5.41, 5.74) is 6.65. The molecular weight excluding hydrogens is 340 g/mol. The zero-order valence-electron chi connectivity index (χ0n) is 14.2. The zero-order chi connectivity index (χ0) is 17.1. The third-order valence-corrected chi connectivity index (χ3v) is 4.51. The van der Waals surface area contributed by atoms with Crippen LogP contribution in [-0.4, -0.2) is 39.7 Å². The summed E-state index contributed by atoms with van der Waals surface area (Å²) in [5, 5.41) is 4.27. The van der Waals surface area contributed by atoms with Crippen molar-refractivity contribution in [2.45, 2.75) is 25.8 Å². The Bertz CT molecular complexity index is 776. The van der Waals surface area contributed by atoms with E-state index in [2.05, 4.69) is 5.10 Å². The number of rotatable bonds is 3. The molecule has 1 aliphatic rings. The Labute approximate surface area is 153 Å². The number of likely N-dealkylation sites (tertiary alicyclic amines) is 1. The highest BCUT2D eigenvalue weighted by atomic mass is 35.5. The lowest BCUT2D eigenvalue weighted by Gasteiger charge is -2.34. The lowest BCUT2D eigenvalue weighted by molar-refractivity contribution is 0.0653. The highest BCUT2D eigenvalue weighted by molar-refractivity contribution is 5.92. The van der Waals surface area contributed by atoms with Gasteiger partial charge in [-0.25, -0.2) is 0 Å². The topological polar surface area (TPSA) is 81.2 Å². The van der Waals surface area contributed by atoms with E-state index in [4.69, 9.17) is 5.73 Å². The van der Waals surface area contributed by atoms with Crippen molar-refractivity contribution < 1.29 is 4.79 Å². The predicted octanol–water partition coefficient (Wildman–Crippen LogP) is 1.85. The van der Waals surface area contributed by atoms with Crippen LogP contribution in [0.15, 0.2) is 47.3 Å². The first-order chi connectivity index (χ1) is 11.6. The quantitative estimate of drug-likeness (QED) is 0.903. The van der Waals surface area contributed by atoms with Gasteiger partial charge in [-0.15, -0.1) is 12.4 Å². The second-order valence-electron chi connectivity index (χ2n) is 6.32. The molecule has 2 heterocycles. The van der Waals surface area contributed by atoms with Gasteiger partial charge in [-0.3, -0.25) is 9.59 Å². The van der Waals surface area contributed by atoms with Gasteiger partial charge in [0.15, 0.2) is 0 Å². The number of aromatic nitrogens is 2. The molecule has 3 rings (SSSR count). The molecule has 25 heavy (non-hydrogen) atoms. The molecule has 6 nitrogen and oxygen atoms in total. The number of hydrogen-bond donors (Lipinski definition) is 1. The molecule has 1 saturated heterocycles. The van der Waals surface area contributed by atoms with Crippen LogP contribution in [-0.2, 0) is 0 Å². The van der Waals surface area contributed by atoms with Gasteiger partial charge in [-0.2, -0.15) is 9.78 Å². The van der Waals surface area contributed by atoms with Crippen LogP contribution in [0.5, 0.6) is 0 Å². The summed E-state index contributed by atoms with van der Waals surface area (Å²) in [6.45, 7) is 3.32. The number of amides is 1. The number of carbonyl (C=O) groups excluding carboxylic acids is 1. The summed E-state index contributed by atoms with van der Waals surface area (Å²) in [5.74, 6) is 0.160. The fraction of sp³-hybridized carbons (Fsp3) is 0.389. The van der Waals surface area contributed by atoms with Crippen molar-refractivity contribution in [3.8, 4) is 5.69 Å². The van der Waals surface area contributed by atoms with Crippen LogP contribution in [0.2, 0.25) is 0 Å². The van der Waals surface area contributed by atoms with E-state index >= 15 is 0 Å². The van der Waals surface area contributed by atoms with Crippen molar-refractivity contribution in [3.05, 3.63) is 58.5 Å². The van der Waals surface area contributed by atoms with Gasteiger partial charge in [-0.1, -0.05) is 18.2 Å². The van der Waals surface area contributed by atoms with Gasteiger partial charge in [0, 0.05) is 25.2 Å². The van der Waals surface area contributed by atoms with Crippen molar-refractivity contribution in [1.29, 1.82) is 0 Å². The van der Waals surface area contributed by atoms with Crippen molar-refractivity contribution in [3.63, 3.8) is 0 Å². The van der Waals surface area contributed by atoms with Gasteiger partial charge in [0.25, 0.3) is 11.5 Å². The maximum absolute atomic E-state index is 12.8. The fourth-order valence-corrected chi connectivity index (χ4v) is 3.07. The Hall–Kier alpha value is -2.18. The van der Waals surface area contributed by atoms with Crippen molar-refractivity contribution in [1.82, 2.24) is 14.7 Å². The molecule has 2 N–H and O–H groups in total. The summed E-state index contributed by atoms with van der Waals surface area (Å²) in [6, 6.07) is 12.1. The van der Waals surface area contributed by atoms with E-state index in [-0.39, 0.29) is 35.6 Å². The van der Waals surface area contributed by atoms with Crippen LogP contribution >= 0.6 is 12.4 Å². The number of nitrogens with zero attached hydrogens (tertiary/aromatic N) is 3. The summed E-state index contributed by atoms with van der Waals surface area (Å²) in [6.07, 6.45) is 1.98. The largest absolute Gasteiger partial charge is 0.337 e. The molecule has 0 bridgehead atoms. The molecule has 1 aliphatic heterocycles. The summed E-state index contributed by atoms with van der Waals surface area (Å²) >= 11 is 0. The van der Waals surface area contributed by atoms with Gasteiger partial charge in [-0.05, 0) is 43.9 Å². The van der Waals surface area contributed by atoms with Crippen molar-refractivity contribution in [2.75, 3.05) is 13.1 Å². The SMILES string of the molecule is CC(N)C1CCCN(C(=O)c2ccc(=O)n(-c3ccccc3)n2)C1.Cl. The Morgan fingerprint density at radius 3 is 2.64 bits per heavy atom. The molecular formula is C18H23ClN4O2. The second-order valence-corrected chi connectivity index (χ2v) is 6.32. The highest BCUT2D eigenvalue weighted by Gasteiger charge is 2.27. The minimum absolute atomic E-state index is 0. The van der Waals surface area contributed by atoms with Crippen LogP contribution in [0.4, 0.5) is 0 Å². The average Bonchev–Trinajstić information content (AvgIpc) is 2.62. The van der Waals surface area contributed by atoms with E-state index in [1.54, 1.807) is 17.0 Å². The molecule has 1 fully saturated rings. The van der Waals surface area contributed by atoms with Crippen molar-refractivity contribution in [2.24, 2.45) is 11.7 Å². The van der Waals surface area contributed by atoms with E-state index in [1.807, 2.05) is 25.1 Å². The van der Waals surface area contributed by atoms with E-state index in [9.17, 15) is 9.59 Å². The second kappa shape index (κ2) is 8.27. The first-order valence-electron chi connectivity index (χ1n) is 8.27. The van der Waals surface area contributed by atoms with Crippen LogP contribution in [0.1, 0.15) is 30.3 Å². The molecule has 0 aliphatic carbocycles. The first-order valence-corrected chi connectivity index (χ1v) is 8.27. The Morgan fingerprint density at radius 1 is 1.24 bits per heavy atom. The molecule has 1 aromatic carbocycles. The van der Waals surface area contributed by atoms with Crippen LogP contribution < -0.4 is 11.3 Å². The van der Waals surface area contributed by atoms with Gasteiger partial charge < -0.3 is 10.6 Å². The molecule has 0 spiro atoms. The third kappa shape index (κ3) is 4.27. The predicted molar refractivity (Wildman–Crippen MR) is 99.4 cm³/mol. The maximum atomic E-state index is 12.8. The first kappa shape index (κ1) is 19.1. The average molecular weight is 363 g/mol. The molecule has 7 heteroatoms. The number of carbonyl (C=O) groups is 1. The standard InChI is InChI=1S/C18H22N4O2.ClH/c1-13(19)14-6-5-11-21(12-14)18(24)16-9-10-17(23)22(20-16)15-7-3-2-4-8-15;/h2-4,7-10,13-14H,5-6,11-12,19H2,1H3;1H. The number of piperidine rings is 1. The number of halogens is 1. The number of para-hydroxylation sites is 1. The van der Waals surface area contributed by atoms with E-state index in [1.165, 1.54) is 16.8 Å². The van der Waals surface area contributed by atoms with Gasteiger partial charge in [0.05, 0.1) is 5.69 Å². The maximum Gasteiger partial charge on any atom is 0.274 e. The Kier molecular flexibility index (Phi) is 6.33. The lowest BCUT2D eigenvalue weighted by atomic mass is 9.92. The third-order valence-electron chi connectivity index (χ3n) is 4.51. The van der Waals surface area contributed by atoms with E-state index in [0.29, 0.717) is 24.7 Å². The summed E-state index contributed by atoms with van der Waals surface area (Å²) in [4.78, 5) is 26.6. The molecule has 1 aromatic heterocycles.